The zero-order valence-corrected chi connectivity index (χ0v) is 5.56. The van der Waals surface area contributed by atoms with E-state index >= 15 is 0 Å². The number of nitrogens with zero attached hydrogens (tertiary/aromatic N) is 1. The highest BCUT2D eigenvalue weighted by atomic mass is 19.4. The van der Waals surface area contributed by atoms with Crippen molar-refractivity contribution in [3.63, 3.8) is 0 Å². The van der Waals surface area contributed by atoms with Crippen LogP contribution in [-0.2, 0) is 4.79 Å². The highest BCUT2D eigenvalue weighted by molar-refractivity contribution is 5.78. The molecule has 0 aromatic rings. The summed E-state index contributed by atoms with van der Waals surface area (Å²) in [6, 6.07) is -1.78. The summed E-state index contributed by atoms with van der Waals surface area (Å²) in [7, 11) is 0. The summed E-state index contributed by atoms with van der Waals surface area (Å²) >= 11 is 0. The zero-order valence-electron chi connectivity index (χ0n) is 5.56. The van der Waals surface area contributed by atoms with Crippen LogP contribution in [0.1, 0.15) is 12.8 Å². The Kier molecular flexibility index (Phi) is 1.79. The third-order valence-electron chi connectivity index (χ3n) is 1.63. The van der Waals surface area contributed by atoms with E-state index in [1.807, 2.05) is 0 Å². The molecule has 11 heavy (non-hydrogen) atoms. The van der Waals surface area contributed by atoms with Crippen molar-refractivity contribution in [2.75, 3.05) is 0 Å². The highest BCUT2D eigenvalue weighted by Gasteiger charge is 2.48. The maximum Gasteiger partial charge on any atom is 0.410 e. The molecule has 1 fully saturated rings. The lowest BCUT2D eigenvalue weighted by Gasteiger charge is -2.21. The Morgan fingerprint density at radius 1 is 1.55 bits per heavy atom. The Balaban J connectivity index is 2.70. The van der Waals surface area contributed by atoms with Gasteiger partial charge in [-0.3, -0.25) is 9.80 Å². The molecule has 0 radical (unpaired) electrons. The van der Waals surface area contributed by atoms with Gasteiger partial charge >= 0.3 is 6.18 Å². The van der Waals surface area contributed by atoms with Crippen LogP contribution in [0.5, 0.6) is 0 Å². The molecule has 0 aromatic heterocycles. The van der Waals surface area contributed by atoms with Crippen molar-refractivity contribution in [1.82, 2.24) is 5.01 Å². The second kappa shape index (κ2) is 2.37. The van der Waals surface area contributed by atoms with E-state index in [4.69, 9.17) is 5.84 Å². The molecule has 0 aromatic carbocycles. The van der Waals surface area contributed by atoms with Gasteiger partial charge in [0.05, 0.1) is 0 Å². The Morgan fingerprint density at radius 3 is 2.27 bits per heavy atom. The van der Waals surface area contributed by atoms with Gasteiger partial charge in [0.1, 0.15) is 6.04 Å². The molecule has 3 nitrogen and oxygen atoms in total. The SMILES string of the molecule is NN1C(=O)CC[C@H]1C(F)(F)F. The fourth-order valence-corrected chi connectivity index (χ4v) is 1.02. The summed E-state index contributed by atoms with van der Waals surface area (Å²) in [5, 5.41) is 0.264. The number of hydrogen-bond donors (Lipinski definition) is 1. The smallest absolute Gasteiger partial charge is 0.273 e. The van der Waals surface area contributed by atoms with Crippen molar-refractivity contribution in [2.24, 2.45) is 5.84 Å². The molecule has 1 heterocycles. The number of carbonyl (C=O) groups excluding carboxylic acids is 1. The number of halogens is 3. The molecule has 0 saturated carbocycles. The molecular weight excluding hydrogens is 161 g/mol. The maximum atomic E-state index is 11.9. The first kappa shape index (κ1) is 8.32. The lowest BCUT2D eigenvalue weighted by Crippen LogP contribution is -2.47. The molecule has 1 amide bonds. The van der Waals surface area contributed by atoms with Gasteiger partial charge in [-0.05, 0) is 6.42 Å². The molecule has 0 spiro atoms. The molecule has 2 N–H and O–H groups in total. The number of nitrogens with two attached hydrogens (primary N) is 1. The Morgan fingerprint density at radius 2 is 2.09 bits per heavy atom. The van der Waals surface area contributed by atoms with Crippen LogP contribution < -0.4 is 5.84 Å². The van der Waals surface area contributed by atoms with Gasteiger partial charge in [0.2, 0.25) is 5.91 Å². The first-order valence-electron chi connectivity index (χ1n) is 3.06. The number of alkyl halides is 3. The Hall–Kier alpha value is -0.780. The van der Waals surface area contributed by atoms with Crippen LogP contribution >= 0.6 is 0 Å². The fourth-order valence-electron chi connectivity index (χ4n) is 1.02. The van der Waals surface area contributed by atoms with Gasteiger partial charge in [0, 0.05) is 6.42 Å². The van der Waals surface area contributed by atoms with E-state index in [1.54, 1.807) is 0 Å². The van der Waals surface area contributed by atoms with E-state index in [0.29, 0.717) is 0 Å². The summed E-state index contributed by atoms with van der Waals surface area (Å²) in [6.07, 6.45) is -4.72. The number of rotatable bonds is 0. The Bertz CT molecular complexity index is 179. The van der Waals surface area contributed by atoms with Crippen LogP contribution in [-0.4, -0.2) is 23.1 Å². The fraction of sp³-hybridized carbons (Fsp3) is 0.800. The van der Waals surface area contributed by atoms with Gasteiger partial charge in [0.25, 0.3) is 0 Å². The summed E-state index contributed by atoms with van der Waals surface area (Å²) in [4.78, 5) is 10.5. The van der Waals surface area contributed by atoms with E-state index in [-0.39, 0.29) is 17.9 Å². The second-order valence-corrected chi connectivity index (χ2v) is 2.40. The van der Waals surface area contributed by atoms with Crippen molar-refractivity contribution < 1.29 is 18.0 Å². The normalized spacial score (nSPS) is 26.4. The molecular formula is C5H7F3N2O. The molecule has 1 rings (SSSR count). The number of amides is 1. The van der Waals surface area contributed by atoms with Crippen LogP contribution in [0.3, 0.4) is 0 Å². The van der Waals surface area contributed by atoms with Crippen LogP contribution in [0.15, 0.2) is 0 Å². The Labute approximate surface area is 60.9 Å². The van der Waals surface area contributed by atoms with Crippen LogP contribution in [0.25, 0.3) is 0 Å². The molecule has 0 bridgehead atoms. The van der Waals surface area contributed by atoms with Crippen molar-refractivity contribution in [3.8, 4) is 0 Å². The van der Waals surface area contributed by atoms with Crippen LogP contribution in [0.4, 0.5) is 13.2 Å². The molecule has 1 aliphatic heterocycles. The standard InChI is InChI=1S/C5H7F3N2O/c6-5(7,8)3-1-2-4(11)10(3)9/h3H,1-2,9H2/t3-/m0/s1. The second-order valence-electron chi connectivity index (χ2n) is 2.40. The lowest BCUT2D eigenvalue weighted by molar-refractivity contribution is -0.181. The summed E-state index contributed by atoms with van der Waals surface area (Å²) < 4.78 is 35.7. The molecule has 0 unspecified atom stereocenters. The first-order valence-corrected chi connectivity index (χ1v) is 3.06. The maximum absolute atomic E-state index is 11.9. The van der Waals surface area contributed by atoms with Crippen molar-refractivity contribution >= 4 is 5.91 Å². The van der Waals surface area contributed by atoms with Gasteiger partial charge in [-0.1, -0.05) is 0 Å². The van der Waals surface area contributed by atoms with E-state index < -0.39 is 18.1 Å². The number of hydrogen-bond acceptors (Lipinski definition) is 2. The zero-order chi connectivity index (χ0) is 8.65. The molecule has 0 aliphatic carbocycles. The minimum atomic E-state index is -4.39. The molecule has 6 heteroatoms. The minimum Gasteiger partial charge on any atom is -0.273 e. The van der Waals surface area contributed by atoms with Crippen LogP contribution in [0.2, 0.25) is 0 Å². The monoisotopic (exact) mass is 168 g/mol. The van der Waals surface area contributed by atoms with Crippen LogP contribution in [0, 0.1) is 0 Å². The average molecular weight is 168 g/mol. The van der Waals surface area contributed by atoms with Gasteiger partial charge < -0.3 is 0 Å². The number of hydrazine groups is 1. The highest BCUT2D eigenvalue weighted by Crippen LogP contribution is 2.30. The van der Waals surface area contributed by atoms with Gasteiger partial charge in [0.15, 0.2) is 0 Å². The average Bonchev–Trinajstić information content (AvgIpc) is 2.11. The first-order chi connectivity index (χ1) is 4.93. The predicted octanol–water partition coefficient (Wildman–Crippen LogP) is 0.413. The summed E-state index contributed by atoms with van der Waals surface area (Å²) in [5.41, 5.74) is 0. The van der Waals surface area contributed by atoms with Crippen molar-refractivity contribution in [2.45, 2.75) is 25.1 Å². The molecule has 1 saturated heterocycles. The third-order valence-corrected chi connectivity index (χ3v) is 1.63. The molecule has 1 atom stereocenters. The summed E-state index contributed by atoms with van der Waals surface area (Å²) in [5.74, 6) is 4.23. The molecule has 1 aliphatic rings. The van der Waals surface area contributed by atoms with Gasteiger partial charge in [-0.25, -0.2) is 5.84 Å². The van der Waals surface area contributed by atoms with E-state index in [1.165, 1.54) is 0 Å². The van der Waals surface area contributed by atoms with E-state index in [2.05, 4.69) is 0 Å². The lowest BCUT2D eigenvalue weighted by atomic mass is 10.2. The topological polar surface area (TPSA) is 46.3 Å². The third kappa shape index (κ3) is 1.45. The van der Waals surface area contributed by atoms with Crippen molar-refractivity contribution in [3.05, 3.63) is 0 Å². The van der Waals surface area contributed by atoms with E-state index in [9.17, 15) is 18.0 Å². The quantitative estimate of drug-likeness (QED) is 0.420. The predicted molar refractivity (Wildman–Crippen MR) is 30.1 cm³/mol. The van der Waals surface area contributed by atoms with Crippen molar-refractivity contribution in [1.29, 1.82) is 0 Å². The van der Waals surface area contributed by atoms with E-state index in [0.717, 1.165) is 0 Å². The minimum absolute atomic E-state index is 0.110. The molecule has 64 valence electrons. The van der Waals surface area contributed by atoms with Gasteiger partial charge in [-0.2, -0.15) is 13.2 Å². The van der Waals surface area contributed by atoms with Gasteiger partial charge in [-0.15, -0.1) is 0 Å². The largest absolute Gasteiger partial charge is 0.410 e. The summed E-state index contributed by atoms with van der Waals surface area (Å²) in [6.45, 7) is 0. The number of carbonyl (C=O) groups is 1.